The molecular weight excluding hydrogens is 668 g/mol. The van der Waals surface area contributed by atoms with Gasteiger partial charge in [-0.05, 0) is 90.9 Å². The molecule has 1 amide bonds. The van der Waals surface area contributed by atoms with Crippen LogP contribution in [0.1, 0.15) is 58.8 Å². The van der Waals surface area contributed by atoms with E-state index in [1.165, 1.54) is 35.2 Å². The number of fused-ring (bicyclic) bond motifs is 1. The lowest BCUT2D eigenvalue weighted by Crippen LogP contribution is -2.57. The van der Waals surface area contributed by atoms with Crippen LogP contribution < -0.4 is 15.5 Å². The van der Waals surface area contributed by atoms with Crippen molar-refractivity contribution in [1.82, 2.24) is 25.1 Å². The Morgan fingerprint density at radius 3 is 2.32 bits per heavy atom. The molecule has 0 unspecified atom stereocenters. The van der Waals surface area contributed by atoms with E-state index in [1.807, 2.05) is 6.92 Å². The summed E-state index contributed by atoms with van der Waals surface area (Å²) in [7, 11) is 1.63. The number of benzene rings is 2. The minimum atomic E-state index is -4.78. The van der Waals surface area contributed by atoms with Gasteiger partial charge in [-0.15, -0.1) is 10.2 Å². The number of anilines is 2. The molecule has 2 aliphatic heterocycles. The monoisotopic (exact) mass is 701 g/mol. The molecule has 0 spiro atoms. The average molecular weight is 702 g/mol. The number of ether oxygens (including phenoxy) is 1. The Labute approximate surface area is 282 Å². The quantitative estimate of drug-likeness (QED) is 0.184. The van der Waals surface area contributed by atoms with E-state index in [-0.39, 0.29) is 58.4 Å². The molecule has 2 aromatic carbocycles. The molecule has 264 valence electrons. The number of aliphatic hydroxyl groups excluding tert-OH is 1. The average Bonchev–Trinajstić information content (AvgIpc) is 3.61. The SMILES string of the molecule is Cn1cnnc1-c1ccc(C(F)(F)F)cc1-c1cc(NC2(CO)CCC2)nc(N2Cc3c(cc(CNC4(C)COC4)cc3C(F)(F)F)C2=O)c1. The third-order valence-corrected chi connectivity index (χ3v) is 9.67. The fourth-order valence-electron chi connectivity index (χ4n) is 6.59. The number of aliphatic hydroxyl groups is 1. The summed E-state index contributed by atoms with van der Waals surface area (Å²) in [5, 5.41) is 24.5. The molecule has 16 heteroatoms. The van der Waals surface area contributed by atoms with Crippen molar-refractivity contribution in [2.45, 2.75) is 62.7 Å². The van der Waals surface area contributed by atoms with E-state index < -0.39 is 47.0 Å². The van der Waals surface area contributed by atoms with Crippen molar-refractivity contribution in [3.05, 3.63) is 76.6 Å². The number of halogens is 6. The van der Waals surface area contributed by atoms with Crippen LogP contribution in [0.5, 0.6) is 0 Å². The second kappa shape index (κ2) is 12.1. The zero-order valence-electron chi connectivity index (χ0n) is 27.0. The van der Waals surface area contributed by atoms with Crippen molar-refractivity contribution in [2.75, 3.05) is 30.0 Å². The highest BCUT2D eigenvalue weighted by atomic mass is 19.4. The summed E-state index contributed by atoms with van der Waals surface area (Å²) in [5.74, 6) is -0.422. The van der Waals surface area contributed by atoms with Crippen molar-refractivity contribution in [3.8, 4) is 22.5 Å². The fraction of sp³-hybridized carbons (Fsp3) is 0.412. The predicted octanol–water partition coefficient (Wildman–Crippen LogP) is 5.95. The van der Waals surface area contributed by atoms with Crippen LogP contribution in [-0.2, 0) is 37.2 Å². The van der Waals surface area contributed by atoms with Crippen LogP contribution in [0, 0.1) is 0 Å². The second-order valence-corrected chi connectivity index (χ2v) is 13.5. The number of carbonyl (C=O) groups excluding carboxylic acids is 1. The molecular formula is C34H33F6N7O3. The van der Waals surface area contributed by atoms with Gasteiger partial charge >= 0.3 is 12.4 Å². The number of carbonyl (C=O) groups is 1. The van der Waals surface area contributed by atoms with Crippen LogP contribution in [0.4, 0.5) is 38.0 Å². The van der Waals surface area contributed by atoms with E-state index in [0.29, 0.717) is 31.6 Å². The van der Waals surface area contributed by atoms with Crippen LogP contribution in [-0.4, -0.2) is 61.7 Å². The lowest BCUT2D eigenvalue weighted by atomic mass is 9.77. The Bertz CT molecular complexity index is 1960. The maximum Gasteiger partial charge on any atom is 0.416 e. The van der Waals surface area contributed by atoms with Gasteiger partial charge in [0.15, 0.2) is 5.82 Å². The zero-order valence-corrected chi connectivity index (χ0v) is 27.0. The molecule has 3 aliphatic rings. The topological polar surface area (TPSA) is 117 Å². The molecule has 1 saturated heterocycles. The molecule has 10 nitrogen and oxygen atoms in total. The molecule has 3 N–H and O–H groups in total. The molecule has 4 aromatic rings. The minimum absolute atomic E-state index is 0.0644. The fourth-order valence-corrected chi connectivity index (χ4v) is 6.59. The molecule has 0 bridgehead atoms. The minimum Gasteiger partial charge on any atom is -0.394 e. The van der Waals surface area contributed by atoms with Gasteiger partial charge in [0.2, 0.25) is 0 Å². The lowest BCUT2D eigenvalue weighted by Gasteiger charge is -2.41. The van der Waals surface area contributed by atoms with Crippen LogP contribution in [0.15, 0.2) is 48.8 Å². The third kappa shape index (κ3) is 6.20. The number of hydrogen-bond acceptors (Lipinski definition) is 8. The number of aromatic nitrogens is 4. The van der Waals surface area contributed by atoms with E-state index >= 15 is 0 Å². The number of nitrogens with zero attached hydrogens (tertiary/aromatic N) is 5. The first kappa shape index (κ1) is 33.9. The Morgan fingerprint density at radius 2 is 1.74 bits per heavy atom. The van der Waals surface area contributed by atoms with Crippen LogP contribution in [0.3, 0.4) is 0 Å². The van der Waals surface area contributed by atoms with Crippen molar-refractivity contribution >= 4 is 17.5 Å². The summed E-state index contributed by atoms with van der Waals surface area (Å²) >= 11 is 0. The molecule has 2 aromatic heterocycles. The standard InChI is InChI=1S/C34H33F6N7O3/c1-31(16-50-17-31)41-13-19-8-24-25(26(9-19)34(38,39)40)14-47(30(24)49)28-11-20(10-27(43-28)44-32(15-48)6-3-7-32)23-12-21(33(35,36)37)4-5-22(23)29-45-42-18-46(29)2/h4-5,8-12,18,41,48H,3,6-7,13-17H2,1-2H3,(H,43,44). The number of aryl methyl sites for hydroxylation is 1. The van der Waals surface area contributed by atoms with Crippen molar-refractivity contribution in [3.63, 3.8) is 0 Å². The Balaban J connectivity index is 1.35. The normalized spacial score (nSPS) is 18.1. The van der Waals surface area contributed by atoms with Crippen LogP contribution in [0.25, 0.3) is 22.5 Å². The smallest absolute Gasteiger partial charge is 0.394 e. The molecule has 50 heavy (non-hydrogen) atoms. The Hall–Kier alpha value is -4.54. The number of rotatable bonds is 9. The predicted molar refractivity (Wildman–Crippen MR) is 170 cm³/mol. The highest BCUT2D eigenvalue weighted by Crippen LogP contribution is 2.43. The summed E-state index contributed by atoms with van der Waals surface area (Å²) in [6, 6.07) is 8.48. The van der Waals surface area contributed by atoms with Gasteiger partial charge in [0.1, 0.15) is 18.0 Å². The van der Waals surface area contributed by atoms with E-state index in [0.717, 1.165) is 29.5 Å². The highest BCUT2D eigenvalue weighted by Gasteiger charge is 2.42. The molecule has 1 aliphatic carbocycles. The summed E-state index contributed by atoms with van der Waals surface area (Å²) in [6.07, 6.45) is -6.10. The third-order valence-electron chi connectivity index (χ3n) is 9.67. The molecule has 7 rings (SSSR count). The van der Waals surface area contributed by atoms with Gasteiger partial charge in [-0.25, -0.2) is 4.98 Å². The van der Waals surface area contributed by atoms with E-state index in [4.69, 9.17) is 4.74 Å². The summed E-state index contributed by atoms with van der Waals surface area (Å²) in [5.41, 5.74) is -2.60. The summed E-state index contributed by atoms with van der Waals surface area (Å²) < 4.78 is 92.3. The van der Waals surface area contributed by atoms with Gasteiger partial charge in [-0.1, -0.05) is 0 Å². The first-order valence-electron chi connectivity index (χ1n) is 15.9. The van der Waals surface area contributed by atoms with Crippen molar-refractivity contribution < 1.29 is 41.0 Å². The van der Waals surface area contributed by atoms with E-state index in [1.54, 1.807) is 7.05 Å². The number of hydrogen-bond donors (Lipinski definition) is 3. The van der Waals surface area contributed by atoms with Crippen LogP contribution in [0.2, 0.25) is 0 Å². The van der Waals surface area contributed by atoms with Crippen molar-refractivity contribution in [1.29, 1.82) is 0 Å². The second-order valence-electron chi connectivity index (χ2n) is 13.5. The van der Waals surface area contributed by atoms with E-state index in [9.17, 15) is 36.2 Å². The van der Waals surface area contributed by atoms with Gasteiger partial charge in [0.25, 0.3) is 5.91 Å². The first-order chi connectivity index (χ1) is 23.6. The maximum atomic E-state index is 14.5. The Kier molecular flexibility index (Phi) is 8.18. The molecule has 1 saturated carbocycles. The number of nitrogens with one attached hydrogen (secondary N) is 2. The van der Waals surface area contributed by atoms with Crippen LogP contribution >= 0.6 is 0 Å². The highest BCUT2D eigenvalue weighted by molar-refractivity contribution is 6.10. The zero-order chi connectivity index (χ0) is 35.6. The molecule has 0 atom stereocenters. The largest absolute Gasteiger partial charge is 0.416 e. The van der Waals surface area contributed by atoms with Gasteiger partial charge in [0, 0.05) is 24.7 Å². The molecule has 2 fully saturated rings. The van der Waals surface area contributed by atoms with Crippen molar-refractivity contribution in [2.24, 2.45) is 7.05 Å². The van der Waals surface area contributed by atoms with Gasteiger partial charge in [-0.3, -0.25) is 9.69 Å². The maximum absolute atomic E-state index is 14.5. The molecule has 4 heterocycles. The summed E-state index contributed by atoms with van der Waals surface area (Å²) in [6.45, 7) is 2.02. The summed E-state index contributed by atoms with van der Waals surface area (Å²) in [4.78, 5) is 19.7. The van der Waals surface area contributed by atoms with Gasteiger partial charge < -0.3 is 25.0 Å². The van der Waals surface area contributed by atoms with Gasteiger partial charge in [-0.2, -0.15) is 26.3 Å². The number of alkyl halides is 6. The Morgan fingerprint density at radius 1 is 0.980 bits per heavy atom. The first-order valence-corrected chi connectivity index (χ1v) is 15.9. The molecule has 0 radical (unpaired) electrons. The number of pyridine rings is 1. The van der Waals surface area contributed by atoms with E-state index in [2.05, 4.69) is 25.8 Å². The number of amides is 1. The lowest BCUT2D eigenvalue weighted by molar-refractivity contribution is -0.138. The van der Waals surface area contributed by atoms with Gasteiger partial charge in [0.05, 0.1) is 48.6 Å².